The average molecular weight is 506 g/mol. The number of rotatable bonds is 6. The normalized spacial score (nSPS) is 11.2. The lowest BCUT2D eigenvalue weighted by Crippen LogP contribution is -2.21. The first-order chi connectivity index (χ1) is 18.4. The smallest absolute Gasteiger partial charge is 0.251 e. The van der Waals surface area contributed by atoms with Crippen LogP contribution in [-0.4, -0.2) is 24.8 Å². The van der Waals surface area contributed by atoms with Gasteiger partial charge in [0.05, 0.1) is 12.1 Å². The molecule has 0 fully saturated rings. The summed E-state index contributed by atoms with van der Waals surface area (Å²) in [6, 6.07) is 22.7. The largest absolute Gasteiger partial charge is 0.457 e. The third-order valence-corrected chi connectivity index (χ3v) is 6.23. The summed E-state index contributed by atoms with van der Waals surface area (Å²) in [5.41, 5.74) is 4.28. The average Bonchev–Trinajstić information content (AvgIpc) is 3.55. The first-order valence-corrected chi connectivity index (χ1v) is 12.1. The highest BCUT2D eigenvalue weighted by Gasteiger charge is 2.12. The summed E-state index contributed by atoms with van der Waals surface area (Å²) in [4.78, 5) is 21.5. The molecule has 0 amide bonds. The fraction of sp³-hybridized carbons (Fsp3) is 0.138. The molecule has 9 heteroatoms. The summed E-state index contributed by atoms with van der Waals surface area (Å²) in [5.74, 6) is 3.36. The Morgan fingerprint density at radius 3 is 2.13 bits per heavy atom. The number of nitrogens with zero attached hydrogens (tertiary/aromatic N) is 5. The van der Waals surface area contributed by atoms with Crippen LogP contribution in [0.3, 0.4) is 0 Å². The maximum Gasteiger partial charge on any atom is 0.251 e. The van der Waals surface area contributed by atoms with E-state index >= 15 is 0 Å². The number of aromatic nitrogens is 5. The van der Waals surface area contributed by atoms with Crippen LogP contribution >= 0.6 is 0 Å². The summed E-state index contributed by atoms with van der Waals surface area (Å²) >= 11 is 0. The lowest BCUT2D eigenvalue weighted by atomic mass is 10.1. The van der Waals surface area contributed by atoms with Crippen molar-refractivity contribution in [2.24, 2.45) is 0 Å². The van der Waals surface area contributed by atoms with Crippen molar-refractivity contribution >= 4 is 10.9 Å². The van der Waals surface area contributed by atoms with E-state index in [1.165, 1.54) is 0 Å². The van der Waals surface area contributed by atoms with Gasteiger partial charge in [0.25, 0.3) is 5.56 Å². The number of hydrogen-bond acceptors (Lipinski definition) is 8. The van der Waals surface area contributed by atoms with Crippen molar-refractivity contribution in [2.45, 2.75) is 27.3 Å². The van der Waals surface area contributed by atoms with Crippen LogP contribution in [0, 0.1) is 20.8 Å². The standard InChI is InChI=1S/C29H23N5O4/c1-17-13-27(35)34(16-20-7-9-21(10-8-20)28-30-18(2)37-32-28)26-12-11-24(15-25(17)26)36-23-6-4-5-22(14-23)29-31-19(3)38-33-29/h4-15H,16H2,1-3H3. The van der Waals surface area contributed by atoms with Gasteiger partial charge in [0, 0.05) is 36.4 Å². The number of fused-ring (bicyclic) bond motifs is 1. The van der Waals surface area contributed by atoms with Gasteiger partial charge in [-0.3, -0.25) is 4.79 Å². The van der Waals surface area contributed by atoms with Crippen LogP contribution in [-0.2, 0) is 6.54 Å². The highest BCUT2D eigenvalue weighted by atomic mass is 16.5. The number of aryl methyl sites for hydroxylation is 3. The Morgan fingerprint density at radius 2 is 1.45 bits per heavy atom. The van der Waals surface area contributed by atoms with Crippen molar-refractivity contribution in [1.29, 1.82) is 0 Å². The molecule has 0 spiro atoms. The summed E-state index contributed by atoms with van der Waals surface area (Å²) in [6.07, 6.45) is 0. The molecule has 0 radical (unpaired) electrons. The molecule has 0 N–H and O–H groups in total. The van der Waals surface area contributed by atoms with E-state index in [4.69, 9.17) is 13.8 Å². The highest BCUT2D eigenvalue weighted by molar-refractivity contribution is 5.84. The Labute approximate surface area is 217 Å². The van der Waals surface area contributed by atoms with Crippen LogP contribution in [0.2, 0.25) is 0 Å². The monoisotopic (exact) mass is 505 g/mol. The number of hydrogen-bond donors (Lipinski definition) is 0. The molecule has 3 heterocycles. The van der Waals surface area contributed by atoms with Crippen molar-refractivity contribution in [3.63, 3.8) is 0 Å². The zero-order valence-electron chi connectivity index (χ0n) is 21.0. The zero-order chi connectivity index (χ0) is 26.2. The number of pyridine rings is 1. The summed E-state index contributed by atoms with van der Waals surface area (Å²) in [6.45, 7) is 5.86. The van der Waals surface area contributed by atoms with Crippen LogP contribution < -0.4 is 10.3 Å². The van der Waals surface area contributed by atoms with E-state index in [-0.39, 0.29) is 5.56 Å². The van der Waals surface area contributed by atoms with E-state index < -0.39 is 0 Å². The molecule has 0 saturated carbocycles. The molecular formula is C29H23N5O4. The van der Waals surface area contributed by atoms with Crippen molar-refractivity contribution < 1.29 is 13.8 Å². The molecule has 3 aromatic heterocycles. The minimum absolute atomic E-state index is 0.0651. The molecule has 188 valence electrons. The number of benzene rings is 3. The predicted octanol–water partition coefficient (Wildman–Crippen LogP) is 5.87. The van der Waals surface area contributed by atoms with Gasteiger partial charge in [0.2, 0.25) is 23.4 Å². The van der Waals surface area contributed by atoms with Crippen LogP contribution in [0.15, 0.2) is 86.6 Å². The van der Waals surface area contributed by atoms with Gasteiger partial charge in [-0.25, -0.2) is 0 Å². The third kappa shape index (κ3) is 4.57. The van der Waals surface area contributed by atoms with Gasteiger partial charge in [-0.15, -0.1) is 0 Å². The van der Waals surface area contributed by atoms with Gasteiger partial charge in [0.15, 0.2) is 0 Å². The van der Waals surface area contributed by atoms with E-state index in [1.807, 2.05) is 73.7 Å². The molecule has 0 unspecified atom stereocenters. The molecular weight excluding hydrogens is 482 g/mol. The molecule has 38 heavy (non-hydrogen) atoms. The maximum atomic E-state index is 13.0. The maximum absolute atomic E-state index is 13.0. The van der Waals surface area contributed by atoms with E-state index in [9.17, 15) is 4.79 Å². The number of ether oxygens (including phenoxy) is 1. The Kier molecular flexibility index (Phi) is 5.80. The molecule has 9 nitrogen and oxygen atoms in total. The molecule has 6 aromatic rings. The van der Waals surface area contributed by atoms with E-state index in [1.54, 1.807) is 24.5 Å². The molecule has 6 rings (SSSR count). The molecule has 0 saturated heterocycles. The van der Waals surface area contributed by atoms with Gasteiger partial charge in [0.1, 0.15) is 11.5 Å². The molecule has 0 aliphatic rings. The summed E-state index contributed by atoms with van der Waals surface area (Å²) < 4.78 is 18.1. The second-order valence-electron chi connectivity index (χ2n) is 9.03. The fourth-order valence-corrected chi connectivity index (χ4v) is 4.36. The fourth-order valence-electron chi connectivity index (χ4n) is 4.36. The molecule has 3 aromatic carbocycles. The second-order valence-corrected chi connectivity index (χ2v) is 9.03. The second kappa shape index (κ2) is 9.44. The minimum atomic E-state index is -0.0651. The topological polar surface area (TPSA) is 109 Å². The van der Waals surface area contributed by atoms with Crippen molar-refractivity contribution in [2.75, 3.05) is 0 Å². The van der Waals surface area contributed by atoms with Gasteiger partial charge >= 0.3 is 0 Å². The van der Waals surface area contributed by atoms with Crippen molar-refractivity contribution in [3.05, 3.63) is 106 Å². The van der Waals surface area contributed by atoms with Crippen LogP contribution in [0.4, 0.5) is 0 Å². The van der Waals surface area contributed by atoms with Crippen molar-refractivity contribution in [3.8, 4) is 34.3 Å². The Morgan fingerprint density at radius 1 is 0.763 bits per heavy atom. The first kappa shape index (κ1) is 23.4. The highest BCUT2D eigenvalue weighted by Crippen LogP contribution is 2.29. The van der Waals surface area contributed by atoms with E-state index in [0.29, 0.717) is 41.5 Å². The lowest BCUT2D eigenvalue weighted by molar-refractivity contribution is 0.394. The van der Waals surface area contributed by atoms with Gasteiger partial charge in [-0.2, -0.15) is 9.97 Å². The van der Waals surface area contributed by atoms with E-state index in [0.717, 1.165) is 33.2 Å². The minimum Gasteiger partial charge on any atom is -0.457 e. The van der Waals surface area contributed by atoms with Crippen LogP contribution in [0.5, 0.6) is 11.5 Å². The summed E-state index contributed by atoms with van der Waals surface area (Å²) in [5, 5.41) is 8.87. The quantitative estimate of drug-likeness (QED) is 0.277. The Balaban J connectivity index is 1.29. The Bertz CT molecular complexity index is 1830. The molecule has 0 bridgehead atoms. The van der Waals surface area contributed by atoms with Crippen molar-refractivity contribution in [1.82, 2.24) is 24.8 Å². The molecule has 0 aliphatic heterocycles. The van der Waals surface area contributed by atoms with Gasteiger partial charge < -0.3 is 18.4 Å². The third-order valence-electron chi connectivity index (χ3n) is 6.23. The summed E-state index contributed by atoms with van der Waals surface area (Å²) in [7, 11) is 0. The van der Waals surface area contributed by atoms with Crippen LogP contribution in [0.1, 0.15) is 22.9 Å². The van der Waals surface area contributed by atoms with Crippen LogP contribution in [0.25, 0.3) is 33.7 Å². The lowest BCUT2D eigenvalue weighted by Gasteiger charge is -2.14. The van der Waals surface area contributed by atoms with Gasteiger partial charge in [-0.05, 0) is 48.4 Å². The zero-order valence-corrected chi connectivity index (χ0v) is 21.0. The molecule has 0 aliphatic carbocycles. The molecule has 0 atom stereocenters. The first-order valence-electron chi connectivity index (χ1n) is 12.1. The van der Waals surface area contributed by atoms with E-state index in [2.05, 4.69) is 20.3 Å². The SMILES string of the molecule is Cc1nc(-c2ccc(Cn3c(=O)cc(C)c4cc(Oc5cccc(-c6noc(C)n6)c5)ccc43)cc2)no1. The van der Waals surface area contributed by atoms with Gasteiger partial charge in [-0.1, -0.05) is 46.7 Å². The Hall–Kier alpha value is -5.05. The predicted molar refractivity (Wildman–Crippen MR) is 141 cm³/mol.